The molecule has 18 heavy (non-hydrogen) atoms. The van der Waals surface area contributed by atoms with Gasteiger partial charge in [-0.15, -0.1) is 0 Å². The van der Waals surface area contributed by atoms with Crippen molar-refractivity contribution in [2.45, 2.75) is 19.8 Å². The van der Waals surface area contributed by atoms with Crippen LogP contribution in [0.2, 0.25) is 0 Å². The molecule has 4 nitrogen and oxygen atoms in total. The lowest BCUT2D eigenvalue weighted by molar-refractivity contribution is 0.577. The van der Waals surface area contributed by atoms with Gasteiger partial charge in [0.05, 0.1) is 5.75 Å². The maximum atomic E-state index is 11.6. The zero-order chi connectivity index (χ0) is 13.4. The third-order valence-corrected chi connectivity index (χ3v) is 4.13. The van der Waals surface area contributed by atoms with E-state index in [9.17, 15) is 8.42 Å². The van der Waals surface area contributed by atoms with E-state index in [0.29, 0.717) is 13.0 Å². The summed E-state index contributed by atoms with van der Waals surface area (Å²) < 4.78 is 25.9. The number of rotatable bonds is 8. The minimum Gasteiger partial charge on any atom is -0.320 e. The maximum absolute atomic E-state index is 11.6. The third kappa shape index (κ3) is 6.14. The normalized spacial score (nSPS) is 11.7. The van der Waals surface area contributed by atoms with Crippen molar-refractivity contribution < 1.29 is 8.42 Å². The molecular formula is C13H22N2O2S. The van der Waals surface area contributed by atoms with Crippen LogP contribution in [-0.4, -0.2) is 34.3 Å². The molecule has 0 aliphatic carbocycles. The van der Waals surface area contributed by atoms with Crippen LogP contribution in [0, 0.1) is 6.92 Å². The van der Waals surface area contributed by atoms with Gasteiger partial charge in [-0.1, -0.05) is 29.8 Å². The van der Waals surface area contributed by atoms with Crippen LogP contribution in [0.1, 0.15) is 17.5 Å². The summed E-state index contributed by atoms with van der Waals surface area (Å²) in [6.07, 6.45) is 1.36. The molecule has 1 aromatic carbocycles. The monoisotopic (exact) mass is 270 g/mol. The largest absolute Gasteiger partial charge is 0.320 e. The molecule has 0 aromatic heterocycles. The minimum absolute atomic E-state index is 0.182. The maximum Gasteiger partial charge on any atom is 0.211 e. The van der Waals surface area contributed by atoms with Crippen molar-refractivity contribution >= 4 is 10.0 Å². The number of aryl methyl sites for hydroxylation is 1. The molecule has 0 fully saturated rings. The average molecular weight is 270 g/mol. The van der Waals surface area contributed by atoms with Crippen molar-refractivity contribution in [3.05, 3.63) is 35.4 Å². The van der Waals surface area contributed by atoms with Gasteiger partial charge in [-0.2, -0.15) is 0 Å². The van der Waals surface area contributed by atoms with Gasteiger partial charge in [0.25, 0.3) is 0 Å². The zero-order valence-electron chi connectivity index (χ0n) is 11.1. The molecule has 2 N–H and O–H groups in total. The molecule has 102 valence electrons. The van der Waals surface area contributed by atoms with Gasteiger partial charge in [0.2, 0.25) is 10.0 Å². The van der Waals surface area contributed by atoms with Crippen LogP contribution in [-0.2, 0) is 16.4 Å². The second-order valence-corrected chi connectivity index (χ2v) is 6.34. The molecule has 0 unspecified atom stereocenters. The summed E-state index contributed by atoms with van der Waals surface area (Å²) in [7, 11) is -1.31. The fourth-order valence-corrected chi connectivity index (χ4v) is 2.81. The van der Waals surface area contributed by atoms with E-state index in [4.69, 9.17) is 0 Å². The quantitative estimate of drug-likeness (QED) is 0.695. The Kier molecular flexibility index (Phi) is 6.32. The molecule has 0 atom stereocenters. The Morgan fingerprint density at radius 1 is 1.22 bits per heavy atom. The minimum atomic E-state index is -3.12. The van der Waals surface area contributed by atoms with E-state index in [0.717, 1.165) is 18.5 Å². The first-order valence-corrected chi connectivity index (χ1v) is 7.86. The SMILES string of the molecule is CNCCCS(=O)(=O)NCCc1cccc(C)c1. The molecule has 1 aromatic rings. The Morgan fingerprint density at radius 2 is 2.00 bits per heavy atom. The molecule has 5 heteroatoms. The Balaban J connectivity index is 2.32. The fraction of sp³-hybridized carbons (Fsp3) is 0.538. The van der Waals surface area contributed by atoms with E-state index in [1.54, 1.807) is 0 Å². The highest BCUT2D eigenvalue weighted by Crippen LogP contribution is 2.04. The molecule has 0 saturated heterocycles. The van der Waals surface area contributed by atoms with Crippen LogP contribution >= 0.6 is 0 Å². The Bertz CT molecular complexity index is 458. The average Bonchev–Trinajstić information content (AvgIpc) is 2.29. The standard InChI is InChI=1S/C13H22N2O2S/c1-12-5-3-6-13(11-12)7-9-15-18(16,17)10-4-8-14-2/h3,5-6,11,14-15H,4,7-10H2,1-2H3. The highest BCUT2D eigenvalue weighted by molar-refractivity contribution is 7.89. The second kappa shape index (κ2) is 7.51. The van der Waals surface area contributed by atoms with E-state index in [1.807, 2.05) is 32.2 Å². The molecule has 0 heterocycles. The van der Waals surface area contributed by atoms with Crippen molar-refractivity contribution in [3.63, 3.8) is 0 Å². The van der Waals surface area contributed by atoms with Gasteiger partial charge in [0.15, 0.2) is 0 Å². The zero-order valence-corrected chi connectivity index (χ0v) is 11.9. The first kappa shape index (κ1) is 15.1. The van der Waals surface area contributed by atoms with Crippen LogP contribution in [0.25, 0.3) is 0 Å². The van der Waals surface area contributed by atoms with Gasteiger partial charge >= 0.3 is 0 Å². The Morgan fingerprint density at radius 3 is 2.67 bits per heavy atom. The lowest BCUT2D eigenvalue weighted by atomic mass is 10.1. The highest BCUT2D eigenvalue weighted by Gasteiger charge is 2.08. The van der Waals surface area contributed by atoms with E-state index >= 15 is 0 Å². The summed E-state index contributed by atoms with van der Waals surface area (Å²) in [5.74, 6) is 0.182. The highest BCUT2D eigenvalue weighted by atomic mass is 32.2. The van der Waals surface area contributed by atoms with Gasteiger partial charge in [-0.25, -0.2) is 13.1 Å². The predicted molar refractivity (Wildman–Crippen MR) is 75.2 cm³/mol. The van der Waals surface area contributed by atoms with Crippen molar-refractivity contribution in [2.24, 2.45) is 0 Å². The molecule has 1 rings (SSSR count). The summed E-state index contributed by atoms with van der Waals surface area (Å²) >= 11 is 0. The number of hydrogen-bond acceptors (Lipinski definition) is 3. The van der Waals surface area contributed by atoms with Gasteiger partial charge in [0.1, 0.15) is 0 Å². The van der Waals surface area contributed by atoms with Gasteiger partial charge in [-0.05, 0) is 38.9 Å². The molecule has 0 aliphatic heterocycles. The fourth-order valence-electron chi connectivity index (χ4n) is 1.73. The first-order valence-electron chi connectivity index (χ1n) is 6.21. The Hall–Kier alpha value is -0.910. The van der Waals surface area contributed by atoms with E-state index in [-0.39, 0.29) is 5.75 Å². The third-order valence-electron chi connectivity index (χ3n) is 2.66. The molecule has 0 bridgehead atoms. The molecule has 0 radical (unpaired) electrons. The van der Waals surface area contributed by atoms with Crippen LogP contribution in [0.3, 0.4) is 0 Å². The van der Waals surface area contributed by atoms with Crippen LogP contribution in [0.15, 0.2) is 24.3 Å². The van der Waals surface area contributed by atoms with E-state index in [2.05, 4.69) is 16.1 Å². The number of sulfonamides is 1. The molecule has 0 aliphatic rings. The van der Waals surface area contributed by atoms with Gasteiger partial charge < -0.3 is 5.32 Å². The van der Waals surface area contributed by atoms with E-state index < -0.39 is 10.0 Å². The van der Waals surface area contributed by atoms with Gasteiger partial charge in [0, 0.05) is 6.54 Å². The summed E-state index contributed by atoms with van der Waals surface area (Å²) in [4.78, 5) is 0. The number of benzene rings is 1. The van der Waals surface area contributed by atoms with Crippen molar-refractivity contribution in [1.29, 1.82) is 0 Å². The van der Waals surface area contributed by atoms with E-state index in [1.165, 1.54) is 5.56 Å². The molecule has 0 amide bonds. The van der Waals surface area contributed by atoms with Crippen LogP contribution in [0.4, 0.5) is 0 Å². The summed E-state index contributed by atoms with van der Waals surface area (Å²) in [6, 6.07) is 8.12. The number of nitrogens with one attached hydrogen (secondary N) is 2. The predicted octanol–water partition coefficient (Wildman–Crippen LogP) is 1.07. The van der Waals surface area contributed by atoms with Crippen molar-refractivity contribution in [1.82, 2.24) is 10.0 Å². The topological polar surface area (TPSA) is 58.2 Å². The smallest absolute Gasteiger partial charge is 0.211 e. The van der Waals surface area contributed by atoms with Crippen LogP contribution in [0.5, 0.6) is 0 Å². The summed E-state index contributed by atoms with van der Waals surface area (Å²) in [5.41, 5.74) is 2.36. The molecule has 0 spiro atoms. The van der Waals surface area contributed by atoms with Crippen molar-refractivity contribution in [3.8, 4) is 0 Å². The number of hydrogen-bond donors (Lipinski definition) is 2. The lowest BCUT2D eigenvalue weighted by Crippen LogP contribution is -2.29. The van der Waals surface area contributed by atoms with Crippen LogP contribution < -0.4 is 10.0 Å². The van der Waals surface area contributed by atoms with Gasteiger partial charge in [-0.3, -0.25) is 0 Å². The molecule has 0 saturated carbocycles. The first-order chi connectivity index (χ1) is 8.53. The second-order valence-electron chi connectivity index (χ2n) is 4.41. The Labute approximate surface area is 110 Å². The summed E-state index contributed by atoms with van der Waals surface area (Å²) in [6.45, 7) is 3.22. The van der Waals surface area contributed by atoms with Crippen molar-refractivity contribution in [2.75, 3.05) is 25.9 Å². The molecular weight excluding hydrogens is 248 g/mol. The summed E-state index contributed by atoms with van der Waals surface area (Å²) in [5, 5.41) is 2.94. The lowest BCUT2D eigenvalue weighted by Gasteiger charge is -2.07.